The lowest BCUT2D eigenvalue weighted by Crippen LogP contribution is -2.60. The van der Waals surface area contributed by atoms with Crippen molar-refractivity contribution in [3.63, 3.8) is 0 Å². The van der Waals surface area contributed by atoms with E-state index in [1.165, 1.54) is 28.4 Å². The van der Waals surface area contributed by atoms with E-state index in [1.54, 1.807) is 0 Å². The Morgan fingerprint density at radius 2 is 1.58 bits per heavy atom. The third-order valence-electron chi connectivity index (χ3n) is 8.12. The Balaban J connectivity index is 1.53. The van der Waals surface area contributed by atoms with Crippen molar-refractivity contribution in [1.29, 1.82) is 0 Å². The van der Waals surface area contributed by atoms with Crippen molar-refractivity contribution >= 4 is 51.3 Å². The molecule has 1 aliphatic rings. The molecule has 0 saturated carbocycles. The zero-order chi connectivity index (χ0) is 34.9. The van der Waals surface area contributed by atoms with E-state index < -0.39 is 50.8 Å². The molecule has 3 aromatic rings. The highest BCUT2D eigenvalue weighted by Crippen LogP contribution is 2.40. The van der Waals surface area contributed by atoms with Crippen molar-refractivity contribution in [3.8, 4) is 0 Å². The van der Waals surface area contributed by atoms with Crippen LogP contribution in [-0.2, 0) is 43.1 Å². The molecule has 48 heavy (non-hydrogen) atoms. The van der Waals surface area contributed by atoms with E-state index in [2.05, 4.69) is 15.4 Å². The van der Waals surface area contributed by atoms with Crippen molar-refractivity contribution in [2.75, 3.05) is 17.9 Å². The summed E-state index contributed by atoms with van der Waals surface area (Å²) < 4.78 is 26.2. The fourth-order valence-corrected chi connectivity index (χ4v) is 8.50. The number of hydrogen-bond donors (Lipinski definition) is 4. The largest absolute Gasteiger partial charge is 0.381 e. The number of nitrogens with one attached hydrogen (secondary N) is 3. The number of thioether (sulfide) groups is 2. The molecule has 13 heteroatoms. The number of benzene rings is 3. The smallest absolute Gasteiger partial charge is 0.254 e. The predicted molar refractivity (Wildman–Crippen MR) is 193 cm³/mol. The van der Waals surface area contributed by atoms with Crippen LogP contribution >= 0.6 is 23.5 Å². The Kier molecular flexibility index (Phi) is 13.1. The molecule has 0 aliphatic carbocycles. The molecular weight excluding hydrogens is 669 g/mol. The average molecular weight is 713 g/mol. The van der Waals surface area contributed by atoms with Gasteiger partial charge in [0.15, 0.2) is 6.10 Å². The maximum atomic E-state index is 14.0. The number of rotatable bonds is 15. The molecule has 4 rings (SSSR count). The van der Waals surface area contributed by atoms with Gasteiger partial charge in [0.25, 0.3) is 5.91 Å². The summed E-state index contributed by atoms with van der Waals surface area (Å²) in [6.45, 7) is 6.01. The Bertz CT molecular complexity index is 1660. The molecule has 4 atom stereocenters. The number of sulfonamides is 1. The Morgan fingerprint density at radius 3 is 2.21 bits per heavy atom. The van der Waals surface area contributed by atoms with Gasteiger partial charge in [0.1, 0.15) is 12.1 Å². The van der Waals surface area contributed by atoms with E-state index in [0.717, 1.165) is 28.5 Å². The van der Waals surface area contributed by atoms with E-state index in [-0.39, 0.29) is 30.5 Å². The molecule has 258 valence electrons. The summed E-state index contributed by atoms with van der Waals surface area (Å²) in [4.78, 5) is 42.7. The van der Waals surface area contributed by atoms with Crippen LogP contribution in [-0.4, -0.2) is 83.0 Å². The molecule has 0 aromatic heterocycles. The number of hydrogen-bond acceptors (Lipinski definition) is 8. The second-order valence-electron chi connectivity index (χ2n) is 12.4. The minimum Gasteiger partial charge on any atom is -0.381 e. The molecule has 4 N–H and O–H groups in total. The van der Waals surface area contributed by atoms with Crippen LogP contribution < -0.4 is 15.4 Å². The molecular formula is C35H44N4O6S3. The zero-order valence-electron chi connectivity index (χ0n) is 27.6. The highest BCUT2D eigenvalue weighted by Gasteiger charge is 2.49. The Labute approximate surface area is 291 Å². The summed E-state index contributed by atoms with van der Waals surface area (Å²) >= 11 is 2.81. The fourth-order valence-electron chi connectivity index (χ4n) is 5.53. The van der Waals surface area contributed by atoms with Gasteiger partial charge in [-0.25, -0.2) is 13.1 Å². The van der Waals surface area contributed by atoms with Crippen LogP contribution in [0.25, 0.3) is 0 Å². The zero-order valence-corrected chi connectivity index (χ0v) is 30.0. The van der Waals surface area contributed by atoms with Gasteiger partial charge >= 0.3 is 0 Å². The van der Waals surface area contributed by atoms with Crippen LogP contribution in [0.4, 0.5) is 0 Å². The lowest BCUT2D eigenvalue weighted by atomic mass is 9.97. The highest BCUT2D eigenvalue weighted by atomic mass is 32.2. The quantitative estimate of drug-likeness (QED) is 0.188. The molecule has 3 amide bonds. The van der Waals surface area contributed by atoms with Gasteiger partial charge in [0.05, 0.1) is 18.2 Å². The minimum atomic E-state index is -3.77. The molecule has 1 fully saturated rings. The summed E-state index contributed by atoms with van der Waals surface area (Å²) in [6.07, 6.45) is -0.644. The van der Waals surface area contributed by atoms with Crippen LogP contribution in [0.1, 0.15) is 36.1 Å². The topological polar surface area (TPSA) is 145 Å². The third-order valence-corrected chi connectivity index (χ3v) is 11.3. The standard InChI is InChI=1S/C35H44N4O6S3/c1-24-13-11-12-18-27(24)20-36-33(42)31-35(2,3)47-23-39(31)34(43)30(40)28(19-25-14-7-5-8-15-25)37-32(41)29(38-48(4,44)45)22-46-21-26-16-9-6-10-17-26/h5-18,28-31,38,40H,19-23H2,1-4H3,(H,36,42)(H,37,41)/t28-,29+,30-,31+/m0/s1. The molecule has 3 aromatic carbocycles. The number of aryl methyl sites for hydroxylation is 1. The van der Waals surface area contributed by atoms with Gasteiger partial charge < -0.3 is 20.6 Å². The van der Waals surface area contributed by atoms with Gasteiger partial charge in [0, 0.05) is 22.8 Å². The predicted octanol–water partition coefficient (Wildman–Crippen LogP) is 3.23. The number of amides is 3. The van der Waals surface area contributed by atoms with Crippen LogP contribution in [0.2, 0.25) is 0 Å². The Morgan fingerprint density at radius 1 is 0.979 bits per heavy atom. The molecule has 1 saturated heterocycles. The summed E-state index contributed by atoms with van der Waals surface area (Å²) in [7, 11) is -3.77. The normalized spacial score (nSPS) is 17.7. The molecule has 1 heterocycles. The Hall–Kier alpha value is -3.36. The summed E-state index contributed by atoms with van der Waals surface area (Å²) in [6, 6.07) is 23.2. The van der Waals surface area contributed by atoms with Crippen molar-refractivity contribution in [1.82, 2.24) is 20.3 Å². The van der Waals surface area contributed by atoms with Gasteiger partial charge in [-0.2, -0.15) is 11.8 Å². The second kappa shape index (κ2) is 16.8. The van der Waals surface area contributed by atoms with Crippen LogP contribution in [0, 0.1) is 6.92 Å². The van der Waals surface area contributed by atoms with Crippen molar-refractivity contribution in [2.45, 2.75) is 68.5 Å². The maximum absolute atomic E-state index is 14.0. The first-order valence-corrected chi connectivity index (χ1v) is 19.7. The van der Waals surface area contributed by atoms with Gasteiger partial charge in [-0.15, -0.1) is 11.8 Å². The average Bonchev–Trinajstić information content (AvgIpc) is 3.37. The SMILES string of the molecule is Cc1ccccc1CNC(=O)[C@H]1N(C(=O)[C@@H](O)[C@H](Cc2ccccc2)NC(=O)[C@@H](CSCc2ccccc2)NS(C)(=O)=O)CSC1(C)C. The van der Waals surface area contributed by atoms with E-state index in [9.17, 15) is 27.9 Å². The van der Waals surface area contributed by atoms with Gasteiger partial charge in [-0.3, -0.25) is 14.4 Å². The lowest BCUT2D eigenvalue weighted by Gasteiger charge is -2.33. The van der Waals surface area contributed by atoms with Gasteiger partial charge in [-0.05, 0) is 49.4 Å². The summed E-state index contributed by atoms with van der Waals surface area (Å²) in [5.41, 5.74) is 3.76. The third kappa shape index (κ3) is 10.6. The minimum absolute atomic E-state index is 0.0940. The molecule has 0 unspecified atom stereocenters. The molecule has 0 bridgehead atoms. The number of carbonyl (C=O) groups excluding carboxylic acids is 3. The number of aliphatic hydroxyl groups excluding tert-OH is 1. The molecule has 0 radical (unpaired) electrons. The highest BCUT2D eigenvalue weighted by molar-refractivity contribution is 8.01. The maximum Gasteiger partial charge on any atom is 0.254 e. The summed E-state index contributed by atoms with van der Waals surface area (Å²) in [5, 5.41) is 17.4. The number of carbonyl (C=O) groups is 3. The van der Waals surface area contributed by atoms with Crippen molar-refractivity contribution in [3.05, 3.63) is 107 Å². The van der Waals surface area contributed by atoms with Gasteiger partial charge in [-0.1, -0.05) is 84.9 Å². The van der Waals surface area contributed by atoms with Crippen LogP contribution in [0.3, 0.4) is 0 Å². The number of aliphatic hydroxyl groups is 1. The second-order valence-corrected chi connectivity index (χ2v) is 16.8. The first-order chi connectivity index (χ1) is 22.7. The summed E-state index contributed by atoms with van der Waals surface area (Å²) in [5.74, 6) is -0.860. The van der Waals surface area contributed by atoms with Crippen LogP contribution in [0.5, 0.6) is 0 Å². The van der Waals surface area contributed by atoms with E-state index in [0.29, 0.717) is 5.75 Å². The van der Waals surface area contributed by atoms with E-state index in [1.807, 2.05) is 106 Å². The number of nitrogens with zero attached hydrogens (tertiary/aromatic N) is 1. The lowest BCUT2D eigenvalue weighted by molar-refractivity contribution is -0.147. The first kappa shape index (κ1) is 37.5. The van der Waals surface area contributed by atoms with Crippen molar-refractivity contribution in [2.24, 2.45) is 0 Å². The van der Waals surface area contributed by atoms with E-state index in [4.69, 9.17) is 0 Å². The molecule has 0 spiro atoms. The first-order valence-electron chi connectivity index (χ1n) is 15.6. The fraction of sp³-hybridized carbons (Fsp3) is 0.400. The van der Waals surface area contributed by atoms with Crippen molar-refractivity contribution < 1.29 is 27.9 Å². The monoisotopic (exact) mass is 712 g/mol. The van der Waals surface area contributed by atoms with Gasteiger partial charge in [0.2, 0.25) is 21.8 Å². The molecule has 1 aliphatic heterocycles. The van der Waals surface area contributed by atoms with E-state index >= 15 is 0 Å². The van der Waals surface area contributed by atoms with Crippen LogP contribution in [0.15, 0.2) is 84.9 Å². The molecule has 10 nitrogen and oxygen atoms in total.